The van der Waals surface area contributed by atoms with E-state index in [1.54, 1.807) is 24.4 Å². The zero-order chi connectivity index (χ0) is 34.1. The van der Waals surface area contributed by atoms with E-state index in [1.807, 2.05) is 34.9 Å². The molecule has 0 atom stereocenters. The van der Waals surface area contributed by atoms with Gasteiger partial charge in [-0.05, 0) is 88.7 Å². The van der Waals surface area contributed by atoms with Crippen molar-refractivity contribution in [3.05, 3.63) is 87.0 Å². The summed E-state index contributed by atoms with van der Waals surface area (Å²) in [6.45, 7) is 5.77. The lowest BCUT2D eigenvalue weighted by atomic mass is 9.96. The molecule has 1 aliphatic carbocycles. The molecule has 9 heteroatoms. The maximum Gasteiger partial charge on any atom is 0.254 e. The molecule has 5 N–H and O–H groups in total. The van der Waals surface area contributed by atoms with Gasteiger partial charge in [0.2, 0.25) is 0 Å². The first-order valence-electron chi connectivity index (χ1n) is 14.2. The normalized spacial score (nSPS) is 13.2. The standard InChI is InChI=1S/C23H24BrF2N3O.C6H12O.C2H7N.2C2H2/c1-4-8-28-22(27)21(14(3)5-2)16-6-7-19(20(26)11-16)23(30)29-13-15-9-17(24)12-18(25)10-15;7-6-4-2-1-3-5-6;1-3-2;2*1-2/h4,6-12H,5,13H2,1-3H3,(H2,27,28)(H,29,30);6-7H,1-5H2;3H,1-2H3;2*1-2H/b8-4-,21-14+;;;;. The van der Waals surface area contributed by atoms with Crippen molar-refractivity contribution in [2.75, 3.05) is 14.1 Å². The quantitative estimate of drug-likeness (QED) is 0.140. The summed E-state index contributed by atoms with van der Waals surface area (Å²) < 4.78 is 28.8. The molecular weight excluding hydrogens is 626 g/mol. The number of nitrogens with one attached hydrogen (secondary N) is 2. The minimum absolute atomic E-state index is 0.0359. The third-order valence-corrected chi connectivity index (χ3v) is 6.49. The van der Waals surface area contributed by atoms with Crippen LogP contribution in [0.3, 0.4) is 0 Å². The SMILES string of the molecule is C#C.C#C.CNC.C\C=C/N=C(N)/C(=C(\C)CC)c1ccc(C(=O)NCc2cc(F)cc(Br)c2)c(F)c1.OC1CCCCC1. The third kappa shape index (κ3) is 16.8. The monoisotopic (exact) mass is 672 g/mol. The second-order valence-electron chi connectivity index (χ2n) is 9.45. The third-order valence-electron chi connectivity index (χ3n) is 6.03. The Bertz CT molecular complexity index is 1240. The van der Waals surface area contributed by atoms with Crippen molar-refractivity contribution < 1.29 is 18.7 Å². The number of nitrogens with two attached hydrogens (primary N) is 1. The van der Waals surface area contributed by atoms with Crippen LogP contribution in [0.2, 0.25) is 0 Å². The van der Waals surface area contributed by atoms with Gasteiger partial charge in [0.1, 0.15) is 17.5 Å². The number of carbonyl (C=O) groups is 1. The largest absolute Gasteiger partial charge is 0.393 e. The zero-order valence-corrected chi connectivity index (χ0v) is 28.1. The lowest BCUT2D eigenvalue weighted by molar-refractivity contribution is 0.0946. The number of allylic oxidation sites excluding steroid dienone is 2. The number of amides is 1. The summed E-state index contributed by atoms with van der Waals surface area (Å²) in [5, 5.41) is 14.3. The van der Waals surface area contributed by atoms with Crippen molar-refractivity contribution in [1.82, 2.24) is 10.6 Å². The first-order chi connectivity index (χ1) is 21.1. The van der Waals surface area contributed by atoms with Gasteiger partial charge in [-0.1, -0.05) is 59.8 Å². The predicted octanol–water partition coefficient (Wildman–Crippen LogP) is 7.38. The van der Waals surface area contributed by atoms with Gasteiger partial charge < -0.3 is 21.5 Å². The molecule has 0 aromatic heterocycles. The van der Waals surface area contributed by atoms with Crippen LogP contribution < -0.4 is 16.4 Å². The number of carbonyl (C=O) groups excluding carboxylic acids is 1. The molecule has 2 aromatic carbocycles. The predicted molar refractivity (Wildman–Crippen MR) is 185 cm³/mol. The van der Waals surface area contributed by atoms with Crippen LogP contribution in [0.4, 0.5) is 8.78 Å². The molecule has 0 radical (unpaired) electrons. The number of nitrogens with zero attached hydrogens (tertiary/aromatic N) is 1. The molecule has 3 rings (SSSR count). The molecule has 44 heavy (non-hydrogen) atoms. The summed E-state index contributed by atoms with van der Waals surface area (Å²) in [6, 6.07) is 8.64. The van der Waals surface area contributed by atoms with E-state index in [9.17, 15) is 13.6 Å². The summed E-state index contributed by atoms with van der Waals surface area (Å²) in [4.78, 5) is 16.6. The van der Waals surface area contributed by atoms with E-state index >= 15 is 0 Å². The molecule has 0 aliphatic heterocycles. The van der Waals surface area contributed by atoms with Gasteiger partial charge >= 0.3 is 0 Å². The van der Waals surface area contributed by atoms with Crippen LogP contribution in [0.5, 0.6) is 0 Å². The Morgan fingerprint density at radius 2 is 1.68 bits per heavy atom. The maximum atomic E-state index is 14.8. The summed E-state index contributed by atoms with van der Waals surface area (Å²) in [5.74, 6) is -1.41. The summed E-state index contributed by atoms with van der Waals surface area (Å²) in [6.07, 6.45) is 26.0. The van der Waals surface area contributed by atoms with Crippen molar-refractivity contribution in [3.8, 4) is 25.7 Å². The summed E-state index contributed by atoms with van der Waals surface area (Å²) >= 11 is 3.20. The Kier molecular flexibility index (Phi) is 24.8. The number of rotatable bonds is 7. The Morgan fingerprint density at radius 3 is 2.14 bits per heavy atom. The van der Waals surface area contributed by atoms with E-state index in [2.05, 4.69) is 57.2 Å². The van der Waals surface area contributed by atoms with Crippen molar-refractivity contribution in [1.29, 1.82) is 0 Å². The van der Waals surface area contributed by atoms with Crippen molar-refractivity contribution in [2.45, 2.75) is 71.9 Å². The molecule has 0 unspecified atom stereocenters. The lowest BCUT2D eigenvalue weighted by Gasteiger charge is -2.14. The first kappa shape index (κ1) is 42.4. The molecule has 1 amide bonds. The summed E-state index contributed by atoms with van der Waals surface area (Å²) in [5.41, 5.74) is 8.70. The fourth-order valence-corrected chi connectivity index (χ4v) is 4.45. The number of aliphatic hydroxyl groups is 1. The number of hydrogen-bond acceptors (Lipinski definition) is 4. The van der Waals surface area contributed by atoms with E-state index in [-0.39, 0.29) is 24.0 Å². The number of benzene rings is 2. The minimum Gasteiger partial charge on any atom is -0.393 e. The summed E-state index contributed by atoms with van der Waals surface area (Å²) in [7, 11) is 3.75. The van der Waals surface area contributed by atoms with E-state index in [0.29, 0.717) is 27.6 Å². The molecule has 0 spiro atoms. The highest BCUT2D eigenvalue weighted by atomic mass is 79.9. The van der Waals surface area contributed by atoms with Gasteiger partial charge in [-0.15, -0.1) is 25.7 Å². The highest BCUT2D eigenvalue weighted by Gasteiger charge is 2.16. The smallest absolute Gasteiger partial charge is 0.254 e. The van der Waals surface area contributed by atoms with Crippen LogP contribution in [-0.4, -0.2) is 37.0 Å². The minimum atomic E-state index is -0.675. The molecule has 1 fully saturated rings. The van der Waals surface area contributed by atoms with Crippen molar-refractivity contribution in [3.63, 3.8) is 0 Å². The zero-order valence-electron chi connectivity index (χ0n) is 26.5. The van der Waals surface area contributed by atoms with E-state index in [4.69, 9.17) is 10.8 Å². The number of aliphatic imine (C=N–C) groups is 1. The van der Waals surface area contributed by atoms with Crippen molar-refractivity contribution in [2.24, 2.45) is 10.7 Å². The second-order valence-corrected chi connectivity index (χ2v) is 10.4. The Balaban J connectivity index is 0. The van der Waals surface area contributed by atoms with E-state index < -0.39 is 17.5 Å². The fourth-order valence-electron chi connectivity index (χ4n) is 3.94. The van der Waals surface area contributed by atoms with Crippen LogP contribution in [-0.2, 0) is 6.54 Å². The van der Waals surface area contributed by atoms with Crippen LogP contribution >= 0.6 is 15.9 Å². The van der Waals surface area contributed by atoms with Gasteiger partial charge in [0, 0.05) is 22.8 Å². The Labute approximate surface area is 271 Å². The highest BCUT2D eigenvalue weighted by molar-refractivity contribution is 9.10. The number of hydrogen-bond donors (Lipinski definition) is 4. The van der Waals surface area contributed by atoms with Gasteiger partial charge in [-0.3, -0.25) is 4.79 Å². The molecule has 0 heterocycles. The fraction of sp³-hybridized carbons (Fsp3) is 0.371. The molecule has 6 nitrogen and oxygen atoms in total. The van der Waals surface area contributed by atoms with Crippen molar-refractivity contribution >= 4 is 33.2 Å². The molecule has 1 saturated carbocycles. The Hall–Kier alpha value is -3.76. The molecule has 2 aromatic rings. The van der Waals surface area contributed by atoms with Gasteiger partial charge in [0.15, 0.2) is 0 Å². The lowest BCUT2D eigenvalue weighted by Crippen LogP contribution is -2.24. The van der Waals surface area contributed by atoms with E-state index in [1.165, 1.54) is 43.5 Å². The average molecular weight is 674 g/mol. The van der Waals surface area contributed by atoms with Crippen LogP contribution in [0.25, 0.3) is 5.57 Å². The number of aliphatic hydroxyl groups excluding tert-OH is 1. The number of amidine groups is 1. The second kappa shape index (κ2) is 25.7. The first-order valence-corrected chi connectivity index (χ1v) is 15.0. The maximum absolute atomic E-state index is 14.8. The highest BCUT2D eigenvalue weighted by Crippen LogP contribution is 2.24. The molecular formula is C35H47BrF2N4O2. The number of terminal acetylenes is 2. The molecule has 0 saturated heterocycles. The van der Waals surface area contributed by atoms with Gasteiger partial charge in [-0.25, -0.2) is 13.8 Å². The van der Waals surface area contributed by atoms with Crippen LogP contribution in [0.1, 0.15) is 80.8 Å². The molecule has 0 bridgehead atoms. The van der Waals surface area contributed by atoms with Crippen LogP contribution in [0, 0.1) is 37.3 Å². The number of halogens is 3. The van der Waals surface area contributed by atoms with Crippen LogP contribution in [0.15, 0.2) is 63.7 Å². The molecule has 1 aliphatic rings. The average Bonchev–Trinajstić information content (AvgIpc) is 3.01. The van der Waals surface area contributed by atoms with Gasteiger partial charge in [0.05, 0.1) is 11.7 Å². The Morgan fingerprint density at radius 1 is 1.09 bits per heavy atom. The molecule has 240 valence electrons. The topological polar surface area (TPSA) is 99.7 Å². The van der Waals surface area contributed by atoms with E-state index in [0.717, 1.165) is 18.4 Å². The van der Waals surface area contributed by atoms with Gasteiger partial charge in [-0.2, -0.15) is 0 Å². The van der Waals surface area contributed by atoms with Gasteiger partial charge in [0.25, 0.3) is 5.91 Å².